The van der Waals surface area contributed by atoms with Crippen LogP contribution in [0.3, 0.4) is 0 Å². The molecule has 6 rings (SSSR count). The SMILES string of the molecule is CCc1cc(-c2ccc(-c3ccc(C4CN(C5CCOCC5)C4)nn3)c(O)c2)nc2cn(C)nc12. The second kappa shape index (κ2) is 9.02. The molecule has 4 aromatic rings. The van der Waals surface area contributed by atoms with Gasteiger partial charge in [-0.25, -0.2) is 4.98 Å². The summed E-state index contributed by atoms with van der Waals surface area (Å²) in [4.78, 5) is 7.31. The Morgan fingerprint density at radius 1 is 1.03 bits per heavy atom. The highest BCUT2D eigenvalue weighted by molar-refractivity contribution is 5.82. The molecular weight excluding hydrogens is 440 g/mol. The molecule has 2 fully saturated rings. The number of likely N-dealkylation sites (tertiary alicyclic amines) is 1. The molecule has 5 heterocycles. The predicted octanol–water partition coefficient (Wildman–Crippen LogP) is 3.94. The Hall–Kier alpha value is -3.36. The standard InChI is InChI=1S/C27H30N6O2/c1-3-17-12-24(28-25-16-32(2)31-27(17)25)18-4-5-21(26(34)13-18)23-7-6-22(29-30-23)19-14-33(15-19)20-8-10-35-11-9-20/h4-7,12-13,16,19-20,34H,3,8-11,14-15H2,1-2H3. The van der Waals surface area contributed by atoms with Gasteiger partial charge < -0.3 is 9.84 Å². The number of benzene rings is 1. The summed E-state index contributed by atoms with van der Waals surface area (Å²) in [5.41, 5.74) is 6.97. The van der Waals surface area contributed by atoms with Crippen LogP contribution in [-0.2, 0) is 18.2 Å². The molecule has 35 heavy (non-hydrogen) atoms. The van der Waals surface area contributed by atoms with Crippen LogP contribution in [0.4, 0.5) is 0 Å². The summed E-state index contributed by atoms with van der Waals surface area (Å²) < 4.78 is 7.27. The number of rotatable bonds is 5. The summed E-state index contributed by atoms with van der Waals surface area (Å²) in [5, 5.41) is 24.3. The zero-order chi connectivity index (χ0) is 23.9. The zero-order valence-corrected chi connectivity index (χ0v) is 20.2. The highest BCUT2D eigenvalue weighted by Gasteiger charge is 2.34. The summed E-state index contributed by atoms with van der Waals surface area (Å²) in [7, 11) is 1.90. The second-order valence-electron chi connectivity index (χ2n) is 9.63. The van der Waals surface area contributed by atoms with Crippen LogP contribution in [0.5, 0.6) is 5.75 Å². The van der Waals surface area contributed by atoms with Crippen LogP contribution in [0.15, 0.2) is 42.6 Å². The number of hydrogen-bond acceptors (Lipinski definition) is 7. The van der Waals surface area contributed by atoms with E-state index >= 15 is 0 Å². The quantitative estimate of drug-likeness (QED) is 0.473. The first kappa shape index (κ1) is 22.1. The van der Waals surface area contributed by atoms with Crippen molar-refractivity contribution in [2.24, 2.45) is 7.05 Å². The number of phenolic OH excluding ortho intramolecular Hbond substituents is 1. The summed E-state index contributed by atoms with van der Waals surface area (Å²) in [6.07, 6.45) is 5.03. The Bertz CT molecular complexity index is 1350. The average molecular weight is 471 g/mol. The van der Waals surface area contributed by atoms with E-state index in [4.69, 9.17) is 9.72 Å². The molecule has 2 aliphatic rings. The van der Waals surface area contributed by atoms with E-state index in [0.29, 0.717) is 23.2 Å². The van der Waals surface area contributed by atoms with Gasteiger partial charge in [-0.2, -0.15) is 15.3 Å². The second-order valence-corrected chi connectivity index (χ2v) is 9.63. The third-order valence-electron chi connectivity index (χ3n) is 7.34. The summed E-state index contributed by atoms with van der Waals surface area (Å²) in [5.74, 6) is 0.599. The minimum absolute atomic E-state index is 0.171. The Kier molecular flexibility index (Phi) is 5.70. The lowest BCUT2D eigenvalue weighted by Gasteiger charge is -2.45. The molecule has 0 spiro atoms. The molecule has 1 N–H and O–H groups in total. The molecule has 180 valence electrons. The Labute approximate surface area is 204 Å². The summed E-state index contributed by atoms with van der Waals surface area (Å²) >= 11 is 0. The predicted molar refractivity (Wildman–Crippen MR) is 134 cm³/mol. The van der Waals surface area contributed by atoms with Crippen LogP contribution in [0.25, 0.3) is 33.5 Å². The van der Waals surface area contributed by atoms with E-state index in [0.717, 1.165) is 79.1 Å². The number of hydrogen-bond donors (Lipinski definition) is 1. The first-order valence-corrected chi connectivity index (χ1v) is 12.4. The van der Waals surface area contributed by atoms with Crippen LogP contribution in [-0.4, -0.2) is 67.3 Å². The van der Waals surface area contributed by atoms with Gasteiger partial charge in [0.15, 0.2) is 0 Å². The molecule has 8 nitrogen and oxygen atoms in total. The Morgan fingerprint density at radius 3 is 2.57 bits per heavy atom. The number of pyridine rings is 1. The van der Waals surface area contributed by atoms with Gasteiger partial charge in [0, 0.05) is 56.4 Å². The molecule has 0 aliphatic carbocycles. The first-order valence-electron chi connectivity index (χ1n) is 12.4. The monoisotopic (exact) mass is 470 g/mol. The Morgan fingerprint density at radius 2 is 1.86 bits per heavy atom. The Balaban J connectivity index is 1.19. The fourth-order valence-electron chi connectivity index (χ4n) is 5.26. The topological polar surface area (TPSA) is 89.2 Å². The zero-order valence-electron chi connectivity index (χ0n) is 20.2. The molecule has 0 saturated carbocycles. The molecular formula is C27H30N6O2. The van der Waals surface area contributed by atoms with E-state index in [1.54, 1.807) is 10.7 Å². The maximum Gasteiger partial charge on any atom is 0.125 e. The van der Waals surface area contributed by atoms with Gasteiger partial charge in [-0.15, -0.1) is 0 Å². The molecule has 8 heteroatoms. The van der Waals surface area contributed by atoms with Crippen molar-refractivity contribution in [2.45, 2.75) is 38.1 Å². The van der Waals surface area contributed by atoms with E-state index in [9.17, 15) is 5.11 Å². The van der Waals surface area contributed by atoms with Crippen LogP contribution in [0, 0.1) is 0 Å². The van der Waals surface area contributed by atoms with Gasteiger partial charge in [-0.3, -0.25) is 9.58 Å². The van der Waals surface area contributed by atoms with Crippen molar-refractivity contribution in [3.05, 3.63) is 53.9 Å². The van der Waals surface area contributed by atoms with Crippen molar-refractivity contribution >= 4 is 11.0 Å². The van der Waals surface area contributed by atoms with Crippen molar-refractivity contribution in [2.75, 3.05) is 26.3 Å². The summed E-state index contributed by atoms with van der Waals surface area (Å²) in [6.45, 7) is 5.93. The highest BCUT2D eigenvalue weighted by Crippen LogP contribution is 2.34. The molecule has 1 aromatic carbocycles. The number of fused-ring (bicyclic) bond motifs is 1. The van der Waals surface area contributed by atoms with Gasteiger partial charge in [-0.1, -0.05) is 13.0 Å². The molecule has 0 bridgehead atoms. The van der Waals surface area contributed by atoms with Crippen LogP contribution >= 0.6 is 0 Å². The van der Waals surface area contributed by atoms with Gasteiger partial charge in [0.1, 0.15) is 16.8 Å². The molecule has 2 saturated heterocycles. The molecule has 0 amide bonds. The largest absolute Gasteiger partial charge is 0.507 e. The number of phenols is 1. The molecule has 2 aliphatic heterocycles. The molecule has 0 unspecified atom stereocenters. The fourth-order valence-corrected chi connectivity index (χ4v) is 5.26. The van der Waals surface area contributed by atoms with Crippen molar-refractivity contribution < 1.29 is 9.84 Å². The minimum Gasteiger partial charge on any atom is -0.507 e. The molecule has 3 aromatic heterocycles. The lowest BCUT2D eigenvalue weighted by molar-refractivity contribution is 0.000892. The highest BCUT2D eigenvalue weighted by atomic mass is 16.5. The number of aromatic hydroxyl groups is 1. The van der Waals surface area contributed by atoms with Crippen LogP contribution in [0.2, 0.25) is 0 Å². The number of aryl methyl sites for hydroxylation is 2. The first-order chi connectivity index (χ1) is 17.1. The van der Waals surface area contributed by atoms with E-state index in [1.165, 1.54) is 0 Å². The van der Waals surface area contributed by atoms with Gasteiger partial charge >= 0.3 is 0 Å². The van der Waals surface area contributed by atoms with Gasteiger partial charge in [-0.05, 0) is 55.2 Å². The smallest absolute Gasteiger partial charge is 0.125 e. The summed E-state index contributed by atoms with van der Waals surface area (Å²) in [6, 6.07) is 12.3. The van der Waals surface area contributed by atoms with Crippen molar-refractivity contribution in [1.29, 1.82) is 0 Å². The lowest BCUT2D eigenvalue weighted by atomic mass is 9.91. The van der Waals surface area contributed by atoms with Crippen LogP contribution < -0.4 is 0 Å². The van der Waals surface area contributed by atoms with E-state index < -0.39 is 0 Å². The van der Waals surface area contributed by atoms with Gasteiger partial charge in [0.25, 0.3) is 0 Å². The maximum absolute atomic E-state index is 10.8. The van der Waals surface area contributed by atoms with Gasteiger partial charge in [0.05, 0.1) is 23.3 Å². The minimum atomic E-state index is 0.171. The average Bonchev–Trinajstić information content (AvgIpc) is 3.24. The third kappa shape index (κ3) is 4.17. The van der Waals surface area contributed by atoms with E-state index in [2.05, 4.69) is 33.2 Å². The van der Waals surface area contributed by atoms with Crippen LogP contribution in [0.1, 0.15) is 36.9 Å². The van der Waals surface area contributed by atoms with Crippen molar-refractivity contribution in [3.63, 3.8) is 0 Å². The maximum atomic E-state index is 10.8. The molecule has 0 atom stereocenters. The lowest BCUT2D eigenvalue weighted by Crippen LogP contribution is -2.52. The number of aromatic nitrogens is 5. The van der Waals surface area contributed by atoms with E-state index in [1.807, 2.05) is 37.5 Å². The normalized spacial score (nSPS) is 17.7. The van der Waals surface area contributed by atoms with Gasteiger partial charge in [0.2, 0.25) is 0 Å². The third-order valence-corrected chi connectivity index (χ3v) is 7.34. The fraction of sp³-hybridized carbons (Fsp3) is 0.407. The van der Waals surface area contributed by atoms with Crippen molar-refractivity contribution in [1.82, 2.24) is 29.9 Å². The number of nitrogens with zero attached hydrogens (tertiary/aromatic N) is 6. The number of ether oxygens (including phenoxy) is 1. The van der Waals surface area contributed by atoms with Crippen molar-refractivity contribution in [3.8, 4) is 28.3 Å². The molecule has 0 radical (unpaired) electrons. The van der Waals surface area contributed by atoms with E-state index in [-0.39, 0.29) is 5.75 Å².